The summed E-state index contributed by atoms with van der Waals surface area (Å²) < 4.78 is 301. The molecule has 0 unspecified atom stereocenters. The SMILES string of the molecule is O=S(=O)(O)C(F)(F)C(F)(F)C(F)(F)C(F)(F)/C(F)=C(F)/C(F)=C(\F)C(F)(F)C(F)(F)C(F)(F)OC(F)(F)F. The van der Waals surface area contributed by atoms with E-state index < -0.39 is 80.8 Å². The van der Waals surface area contributed by atoms with E-state index in [0.29, 0.717) is 0 Å². The Morgan fingerprint density at radius 1 is 0.526 bits per heavy atom. The number of ether oxygens (including phenoxy) is 1. The molecule has 0 rings (SSSR count). The fraction of sp³-hybridized carbons (Fsp3) is 0.667. The highest BCUT2D eigenvalue weighted by Gasteiger charge is 2.86. The van der Waals surface area contributed by atoms with E-state index in [1.165, 1.54) is 4.74 Å². The van der Waals surface area contributed by atoms with Crippen LogP contribution in [0.2, 0.25) is 0 Å². The Morgan fingerprint density at radius 2 is 0.816 bits per heavy atom. The van der Waals surface area contributed by atoms with Gasteiger partial charge in [-0.15, -0.1) is 13.2 Å². The minimum atomic E-state index is -8.39. The lowest BCUT2D eigenvalue weighted by atomic mass is 10.0. The van der Waals surface area contributed by atoms with Gasteiger partial charge < -0.3 is 0 Å². The molecule has 0 amide bonds. The van der Waals surface area contributed by atoms with E-state index >= 15 is 0 Å². The summed E-state index contributed by atoms with van der Waals surface area (Å²) in [5, 5.41) is -7.75. The number of allylic oxidation sites excluding steroid dienone is 4. The van der Waals surface area contributed by atoms with Crippen LogP contribution in [0.25, 0.3) is 0 Å². The lowest BCUT2D eigenvalue weighted by Gasteiger charge is -2.34. The molecular formula is C12HF21O4S. The molecule has 0 saturated heterocycles. The molecule has 1 N–H and O–H groups in total. The molecule has 226 valence electrons. The molecule has 0 aromatic rings. The van der Waals surface area contributed by atoms with Gasteiger partial charge in [-0.1, -0.05) is 0 Å². The molecular weight excluding hydrogens is 639 g/mol. The molecule has 26 heteroatoms. The van der Waals surface area contributed by atoms with Gasteiger partial charge in [0.2, 0.25) is 11.7 Å². The molecule has 0 fully saturated rings. The van der Waals surface area contributed by atoms with Gasteiger partial charge in [-0.25, -0.2) is 22.3 Å². The third kappa shape index (κ3) is 5.46. The number of halogens is 21. The van der Waals surface area contributed by atoms with Gasteiger partial charge in [-0.3, -0.25) is 4.55 Å². The molecule has 0 atom stereocenters. The van der Waals surface area contributed by atoms with Crippen LogP contribution in [-0.4, -0.2) is 60.3 Å². The third-order valence-corrected chi connectivity index (χ3v) is 4.52. The van der Waals surface area contributed by atoms with Crippen LogP contribution in [0, 0.1) is 0 Å². The lowest BCUT2D eigenvalue weighted by Crippen LogP contribution is -2.64. The van der Waals surface area contributed by atoms with Crippen LogP contribution in [0.15, 0.2) is 23.3 Å². The molecule has 0 aliphatic rings. The van der Waals surface area contributed by atoms with E-state index in [4.69, 9.17) is 4.55 Å². The van der Waals surface area contributed by atoms with E-state index in [9.17, 15) is 101 Å². The van der Waals surface area contributed by atoms with Crippen LogP contribution in [0.4, 0.5) is 92.2 Å². The monoisotopic (exact) mass is 640 g/mol. The van der Waals surface area contributed by atoms with Gasteiger partial charge in [-0.2, -0.15) is 69.9 Å². The Labute approximate surface area is 192 Å². The van der Waals surface area contributed by atoms with E-state index in [-0.39, 0.29) is 0 Å². The first-order valence-corrected chi connectivity index (χ1v) is 9.04. The molecule has 0 aliphatic carbocycles. The molecule has 0 aromatic heterocycles. The second-order valence-electron chi connectivity index (χ2n) is 6.18. The number of alkyl halides is 17. The largest absolute Gasteiger partial charge is 0.527 e. The topological polar surface area (TPSA) is 63.6 Å². The maximum Gasteiger partial charge on any atom is 0.527 e. The maximum absolute atomic E-state index is 13.4. The Hall–Kier alpha value is -2.12. The van der Waals surface area contributed by atoms with Gasteiger partial charge in [0.05, 0.1) is 0 Å². The average Bonchev–Trinajstić information content (AvgIpc) is 2.67. The molecule has 38 heavy (non-hydrogen) atoms. The van der Waals surface area contributed by atoms with Crippen molar-refractivity contribution in [3.05, 3.63) is 23.3 Å². The fourth-order valence-electron chi connectivity index (χ4n) is 1.68. The van der Waals surface area contributed by atoms with E-state index in [1.54, 1.807) is 0 Å². The van der Waals surface area contributed by atoms with Gasteiger partial charge in [-0.05, 0) is 0 Å². The summed E-state index contributed by atoms with van der Waals surface area (Å²) in [6.45, 7) is 0. The first-order chi connectivity index (χ1) is 16.1. The van der Waals surface area contributed by atoms with Crippen LogP contribution < -0.4 is 0 Å². The van der Waals surface area contributed by atoms with Crippen LogP contribution in [0.3, 0.4) is 0 Å². The van der Waals surface area contributed by atoms with Crippen molar-refractivity contribution in [1.82, 2.24) is 0 Å². The summed E-state index contributed by atoms with van der Waals surface area (Å²) in [6.07, 6.45) is -14.6. The highest BCUT2D eigenvalue weighted by atomic mass is 32.2. The minimum absolute atomic E-state index is 1.21. The average molecular weight is 640 g/mol. The standard InChI is InChI=1S/C12HF21O4S/c13-1(2(14)4(16)6(19,20)8(23,24)10(27,28)37-12(31,32)33)3(15)5(17,18)7(21,22)9(25,26)11(29,30)38(34,35)36/h(H,34,35,36)/b3-1+,4-2+. The fourth-order valence-corrected chi connectivity index (χ4v) is 2.13. The normalized spacial score (nSPS) is 17.3. The molecule has 0 aromatic carbocycles. The predicted octanol–water partition coefficient (Wildman–Crippen LogP) is 7.07. The Bertz CT molecular complexity index is 1080. The van der Waals surface area contributed by atoms with Crippen molar-refractivity contribution in [3.8, 4) is 0 Å². The van der Waals surface area contributed by atoms with Crippen LogP contribution in [0.5, 0.6) is 0 Å². The van der Waals surface area contributed by atoms with Crippen molar-refractivity contribution in [3.63, 3.8) is 0 Å². The quantitative estimate of drug-likeness (QED) is 0.158. The second kappa shape index (κ2) is 9.51. The van der Waals surface area contributed by atoms with Crippen molar-refractivity contribution in [2.24, 2.45) is 0 Å². The summed E-state index contributed by atoms with van der Waals surface area (Å²) in [6, 6.07) is 0. The zero-order valence-corrected chi connectivity index (χ0v) is 16.8. The maximum atomic E-state index is 13.4. The minimum Gasteiger partial charge on any atom is -0.281 e. The predicted molar refractivity (Wildman–Crippen MR) is 71.8 cm³/mol. The molecule has 0 radical (unpaired) electrons. The third-order valence-electron chi connectivity index (χ3n) is 3.61. The molecule has 0 saturated carbocycles. The van der Waals surface area contributed by atoms with Gasteiger partial charge in [0.25, 0.3) is 0 Å². The van der Waals surface area contributed by atoms with Crippen molar-refractivity contribution < 1.29 is 110 Å². The zero-order chi connectivity index (χ0) is 31.5. The molecule has 0 aliphatic heterocycles. The van der Waals surface area contributed by atoms with Crippen LogP contribution in [0.1, 0.15) is 0 Å². The summed E-state index contributed by atoms with van der Waals surface area (Å²) in [4.78, 5) is 0. The smallest absolute Gasteiger partial charge is 0.281 e. The molecule has 0 bridgehead atoms. The second-order valence-corrected chi connectivity index (χ2v) is 7.65. The van der Waals surface area contributed by atoms with Gasteiger partial charge in [0, 0.05) is 0 Å². The summed E-state index contributed by atoms with van der Waals surface area (Å²) >= 11 is 0. The lowest BCUT2D eigenvalue weighted by molar-refractivity contribution is -0.483. The molecule has 0 heterocycles. The summed E-state index contributed by atoms with van der Waals surface area (Å²) in [5.41, 5.74) is 0. The zero-order valence-electron chi connectivity index (χ0n) is 16.0. The summed E-state index contributed by atoms with van der Waals surface area (Å²) in [7, 11) is -7.86. The van der Waals surface area contributed by atoms with E-state index in [0.717, 1.165) is 0 Å². The van der Waals surface area contributed by atoms with Gasteiger partial charge in [0.15, 0.2) is 11.7 Å². The highest BCUT2D eigenvalue weighted by Crippen LogP contribution is 2.58. The van der Waals surface area contributed by atoms with Gasteiger partial charge >= 0.3 is 57.5 Å². The first-order valence-electron chi connectivity index (χ1n) is 7.60. The van der Waals surface area contributed by atoms with Crippen molar-refractivity contribution in [1.29, 1.82) is 0 Å². The van der Waals surface area contributed by atoms with E-state index in [2.05, 4.69) is 0 Å². The van der Waals surface area contributed by atoms with Crippen LogP contribution in [-0.2, 0) is 14.9 Å². The molecule has 4 nitrogen and oxygen atoms in total. The Balaban J connectivity index is 7.06. The van der Waals surface area contributed by atoms with Gasteiger partial charge in [0.1, 0.15) is 0 Å². The Morgan fingerprint density at radius 3 is 1.08 bits per heavy atom. The van der Waals surface area contributed by atoms with Crippen molar-refractivity contribution in [2.75, 3.05) is 0 Å². The van der Waals surface area contributed by atoms with Crippen LogP contribution >= 0.6 is 0 Å². The van der Waals surface area contributed by atoms with Crippen molar-refractivity contribution in [2.45, 2.75) is 47.3 Å². The van der Waals surface area contributed by atoms with Crippen molar-refractivity contribution >= 4 is 10.1 Å². The molecule has 0 spiro atoms. The number of rotatable bonds is 10. The first kappa shape index (κ1) is 35.9. The van der Waals surface area contributed by atoms with E-state index in [1.807, 2.05) is 0 Å². The summed E-state index contributed by atoms with van der Waals surface area (Å²) in [5.74, 6) is -61.6. The number of hydrogen-bond donors (Lipinski definition) is 1. The Kier molecular flexibility index (Phi) is 8.98. The number of hydrogen-bond acceptors (Lipinski definition) is 3. The highest BCUT2D eigenvalue weighted by molar-refractivity contribution is 7.87.